The lowest BCUT2D eigenvalue weighted by Gasteiger charge is -2.22. The lowest BCUT2D eigenvalue weighted by Crippen LogP contribution is -2.35. The average molecular weight is 351 g/mol. The first-order valence-electron chi connectivity index (χ1n) is 7.80. The molecule has 122 valence electrons. The molecule has 0 unspecified atom stereocenters. The van der Waals surface area contributed by atoms with Crippen molar-refractivity contribution in [2.24, 2.45) is 0 Å². The molecule has 0 atom stereocenters. The molecule has 0 saturated carbocycles. The average Bonchev–Trinajstić information content (AvgIpc) is 2.91. The summed E-state index contributed by atoms with van der Waals surface area (Å²) < 4.78 is 4.34. The number of carbonyl (C=O) groups is 1. The smallest absolute Gasteiger partial charge is 0.255 e. The van der Waals surface area contributed by atoms with Gasteiger partial charge in [-0.15, -0.1) is 0 Å². The number of anilines is 1. The molecule has 0 spiro atoms. The summed E-state index contributed by atoms with van der Waals surface area (Å²) in [5, 5.41) is 1.46. The summed E-state index contributed by atoms with van der Waals surface area (Å²) in [7, 11) is 0. The molecule has 0 aliphatic carbocycles. The molecular weight excluding hydrogens is 332 g/mol. The van der Waals surface area contributed by atoms with Gasteiger partial charge >= 0.3 is 0 Å². The van der Waals surface area contributed by atoms with Gasteiger partial charge < -0.3 is 9.80 Å². The van der Waals surface area contributed by atoms with Crippen LogP contribution in [0.2, 0.25) is 5.02 Å². The van der Waals surface area contributed by atoms with Crippen molar-refractivity contribution in [3.8, 4) is 0 Å². The van der Waals surface area contributed by atoms with E-state index < -0.39 is 0 Å². The quantitative estimate of drug-likeness (QED) is 0.853. The Hall–Kier alpha value is -1.66. The number of amides is 1. The van der Waals surface area contributed by atoms with Gasteiger partial charge in [0.25, 0.3) is 5.91 Å². The van der Waals surface area contributed by atoms with Crippen LogP contribution in [0.15, 0.2) is 24.3 Å². The van der Waals surface area contributed by atoms with Crippen LogP contribution < -0.4 is 4.90 Å². The first kappa shape index (κ1) is 16.2. The third-order valence-electron chi connectivity index (χ3n) is 3.93. The van der Waals surface area contributed by atoms with E-state index in [9.17, 15) is 4.79 Å². The van der Waals surface area contributed by atoms with Crippen molar-refractivity contribution in [1.29, 1.82) is 0 Å². The van der Waals surface area contributed by atoms with Crippen LogP contribution in [-0.2, 0) is 6.42 Å². The summed E-state index contributed by atoms with van der Waals surface area (Å²) in [5.74, 6) is 0.891. The van der Waals surface area contributed by atoms with Crippen molar-refractivity contribution in [3.63, 3.8) is 0 Å². The highest BCUT2D eigenvalue weighted by molar-refractivity contribution is 7.09. The summed E-state index contributed by atoms with van der Waals surface area (Å²) >= 11 is 7.59. The van der Waals surface area contributed by atoms with Crippen LogP contribution in [0.25, 0.3) is 0 Å². The minimum absolute atomic E-state index is 0.00367. The molecule has 23 heavy (non-hydrogen) atoms. The van der Waals surface area contributed by atoms with Crippen molar-refractivity contribution in [2.45, 2.75) is 19.8 Å². The molecule has 1 aromatic heterocycles. The molecule has 1 aliphatic rings. The molecule has 5 nitrogen and oxygen atoms in total. The van der Waals surface area contributed by atoms with Crippen LogP contribution >= 0.6 is 23.1 Å². The summed E-state index contributed by atoms with van der Waals surface area (Å²) in [5.41, 5.74) is 0.576. The molecule has 1 fully saturated rings. The summed E-state index contributed by atoms with van der Waals surface area (Å²) in [6.07, 6.45) is 1.76. The van der Waals surface area contributed by atoms with Gasteiger partial charge in [0.1, 0.15) is 5.82 Å². The number of hydrogen-bond acceptors (Lipinski definition) is 5. The fraction of sp³-hybridized carbons (Fsp3) is 0.438. The van der Waals surface area contributed by atoms with Gasteiger partial charge in [-0.05, 0) is 18.6 Å². The second-order valence-electron chi connectivity index (χ2n) is 5.46. The van der Waals surface area contributed by atoms with Crippen LogP contribution in [0.1, 0.15) is 29.5 Å². The molecule has 1 saturated heterocycles. The largest absolute Gasteiger partial charge is 0.345 e. The number of rotatable bonds is 3. The van der Waals surface area contributed by atoms with Crippen molar-refractivity contribution in [3.05, 3.63) is 40.7 Å². The van der Waals surface area contributed by atoms with Gasteiger partial charge in [0.05, 0.1) is 10.6 Å². The number of aromatic nitrogens is 2. The zero-order valence-corrected chi connectivity index (χ0v) is 14.6. The van der Waals surface area contributed by atoms with Crippen molar-refractivity contribution in [2.75, 3.05) is 31.1 Å². The van der Waals surface area contributed by atoms with Crippen LogP contribution in [-0.4, -0.2) is 46.3 Å². The molecule has 2 heterocycles. The Labute approximate surface area is 145 Å². The van der Waals surface area contributed by atoms with Gasteiger partial charge in [0, 0.05) is 44.1 Å². The summed E-state index contributed by atoms with van der Waals surface area (Å²) in [4.78, 5) is 21.3. The van der Waals surface area contributed by atoms with Gasteiger partial charge in [0.15, 0.2) is 0 Å². The minimum atomic E-state index is 0.00367. The second-order valence-corrected chi connectivity index (χ2v) is 6.60. The zero-order chi connectivity index (χ0) is 16.2. The first-order chi connectivity index (χ1) is 11.2. The Balaban J connectivity index is 1.68. The number of nitrogens with zero attached hydrogens (tertiary/aromatic N) is 4. The fourth-order valence-electron chi connectivity index (χ4n) is 2.63. The van der Waals surface area contributed by atoms with E-state index in [1.165, 1.54) is 11.5 Å². The summed E-state index contributed by atoms with van der Waals surface area (Å²) in [6.45, 7) is 5.13. The van der Waals surface area contributed by atoms with Crippen LogP contribution in [0.4, 0.5) is 5.13 Å². The van der Waals surface area contributed by atoms with Crippen LogP contribution in [0, 0.1) is 0 Å². The van der Waals surface area contributed by atoms with E-state index in [0.717, 1.165) is 43.4 Å². The number of hydrogen-bond donors (Lipinski definition) is 0. The predicted octanol–water partition coefficient (Wildman–Crippen LogP) is 3.11. The lowest BCUT2D eigenvalue weighted by atomic mass is 10.2. The summed E-state index contributed by atoms with van der Waals surface area (Å²) in [6, 6.07) is 7.22. The maximum atomic E-state index is 12.7. The molecule has 0 bridgehead atoms. The van der Waals surface area contributed by atoms with Gasteiger partial charge in [-0.1, -0.05) is 30.7 Å². The standard InChI is InChI=1S/C16H19ClN4OS/c1-2-14-18-16(23-19-14)21-9-5-8-20(10-11-21)15(22)12-6-3-4-7-13(12)17/h3-4,6-7H,2,5,8-11H2,1H3. The van der Waals surface area contributed by atoms with E-state index in [0.29, 0.717) is 17.1 Å². The molecular formula is C16H19ClN4OS. The van der Waals surface area contributed by atoms with Crippen molar-refractivity contribution in [1.82, 2.24) is 14.3 Å². The van der Waals surface area contributed by atoms with Gasteiger partial charge in [-0.2, -0.15) is 4.37 Å². The van der Waals surface area contributed by atoms with Crippen molar-refractivity contribution < 1.29 is 4.79 Å². The maximum Gasteiger partial charge on any atom is 0.255 e. The number of aryl methyl sites for hydroxylation is 1. The lowest BCUT2D eigenvalue weighted by molar-refractivity contribution is 0.0767. The zero-order valence-electron chi connectivity index (χ0n) is 13.0. The number of benzene rings is 1. The van der Waals surface area contributed by atoms with Crippen LogP contribution in [0.5, 0.6) is 0 Å². The van der Waals surface area contributed by atoms with Crippen LogP contribution in [0.3, 0.4) is 0 Å². The van der Waals surface area contributed by atoms with E-state index >= 15 is 0 Å². The van der Waals surface area contributed by atoms with E-state index in [-0.39, 0.29) is 5.91 Å². The third kappa shape index (κ3) is 3.64. The topological polar surface area (TPSA) is 49.3 Å². The molecule has 1 aromatic carbocycles. The Morgan fingerprint density at radius 3 is 2.83 bits per heavy atom. The van der Waals surface area contributed by atoms with E-state index in [2.05, 4.69) is 21.2 Å². The Morgan fingerprint density at radius 2 is 2.09 bits per heavy atom. The normalized spacial score (nSPS) is 15.6. The van der Waals surface area contributed by atoms with E-state index in [4.69, 9.17) is 11.6 Å². The molecule has 1 amide bonds. The SMILES string of the molecule is CCc1nsc(N2CCCN(C(=O)c3ccccc3Cl)CC2)n1. The first-order valence-corrected chi connectivity index (χ1v) is 8.95. The molecule has 0 N–H and O–H groups in total. The maximum absolute atomic E-state index is 12.7. The van der Waals surface area contributed by atoms with Gasteiger partial charge in [-0.25, -0.2) is 4.98 Å². The molecule has 1 aliphatic heterocycles. The molecule has 3 rings (SSSR count). The van der Waals surface area contributed by atoms with Crippen molar-refractivity contribution >= 4 is 34.2 Å². The number of halogens is 1. The van der Waals surface area contributed by atoms with E-state index in [1.54, 1.807) is 12.1 Å². The Morgan fingerprint density at radius 1 is 1.26 bits per heavy atom. The Bertz CT molecular complexity index is 690. The predicted molar refractivity (Wildman–Crippen MR) is 93.5 cm³/mol. The molecule has 2 aromatic rings. The third-order valence-corrected chi connectivity index (χ3v) is 5.08. The highest BCUT2D eigenvalue weighted by Crippen LogP contribution is 2.21. The van der Waals surface area contributed by atoms with Gasteiger partial charge in [-0.3, -0.25) is 4.79 Å². The highest BCUT2D eigenvalue weighted by Gasteiger charge is 2.23. The molecule has 7 heteroatoms. The highest BCUT2D eigenvalue weighted by atomic mass is 35.5. The van der Waals surface area contributed by atoms with Gasteiger partial charge in [0.2, 0.25) is 5.13 Å². The monoisotopic (exact) mass is 350 g/mol. The fourth-order valence-corrected chi connectivity index (χ4v) is 3.65. The Kier molecular flexibility index (Phi) is 5.13. The molecule has 0 radical (unpaired) electrons. The number of carbonyl (C=O) groups excluding carboxylic acids is 1. The van der Waals surface area contributed by atoms with E-state index in [1.807, 2.05) is 17.0 Å². The minimum Gasteiger partial charge on any atom is -0.345 e. The second kappa shape index (κ2) is 7.27.